The van der Waals surface area contributed by atoms with Crippen molar-refractivity contribution in [3.8, 4) is 6.07 Å². The standard InChI is InChI=1S/C8H6B2N2/c9-2-6-1-8(4-11)12-5-7(6)3-10/h1,5H,2-3H2. The molecule has 0 atom stereocenters. The molecule has 0 bridgehead atoms. The smallest absolute Gasteiger partial charge is 0.140 e. The third-order valence-electron chi connectivity index (χ3n) is 1.64. The van der Waals surface area contributed by atoms with Gasteiger partial charge in [0.1, 0.15) is 11.8 Å². The van der Waals surface area contributed by atoms with E-state index >= 15 is 0 Å². The van der Waals surface area contributed by atoms with Crippen LogP contribution in [0, 0.1) is 11.3 Å². The second-order valence-corrected chi connectivity index (χ2v) is 2.36. The van der Waals surface area contributed by atoms with Gasteiger partial charge in [-0.05, 0) is 17.2 Å². The van der Waals surface area contributed by atoms with Crippen LogP contribution in [0.25, 0.3) is 0 Å². The minimum Gasteiger partial charge on any atom is -0.245 e. The number of rotatable bonds is 2. The summed E-state index contributed by atoms with van der Waals surface area (Å²) in [6.45, 7) is 0. The minimum absolute atomic E-state index is 0.382. The summed E-state index contributed by atoms with van der Waals surface area (Å²) in [7, 11) is 10.9. The summed E-state index contributed by atoms with van der Waals surface area (Å²) in [6.07, 6.45) is 2.40. The van der Waals surface area contributed by atoms with Crippen molar-refractivity contribution in [1.29, 1.82) is 5.26 Å². The monoisotopic (exact) mass is 152 g/mol. The Labute approximate surface area is 74.4 Å². The Morgan fingerprint density at radius 2 is 2.00 bits per heavy atom. The summed E-state index contributed by atoms with van der Waals surface area (Å²) in [5, 5.41) is 8.54. The third-order valence-corrected chi connectivity index (χ3v) is 1.64. The summed E-state index contributed by atoms with van der Waals surface area (Å²) in [6, 6.07) is 3.61. The molecule has 0 aliphatic heterocycles. The summed E-state index contributed by atoms with van der Waals surface area (Å²) in [4.78, 5) is 3.88. The Hall–Kier alpha value is -1.23. The first-order valence-electron chi connectivity index (χ1n) is 3.60. The Bertz CT molecular complexity index is 317. The van der Waals surface area contributed by atoms with E-state index in [9.17, 15) is 0 Å². The second kappa shape index (κ2) is 3.96. The van der Waals surface area contributed by atoms with Gasteiger partial charge in [0, 0.05) is 6.20 Å². The van der Waals surface area contributed by atoms with Crippen LogP contribution in [0.1, 0.15) is 16.8 Å². The zero-order valence-electron chi connectivity index (χ0n) is 6.62. The average Bonchev–Trinajstić information content (AvgIpc) is 2.16. The van der Waals surface area contributed by atoms with Crippen molar-refractivity contribution >= 4 is 15.7 Å². The van der Waals surface area contributed by atoms with Gasteiger partial charge in [0.2, 0.25) is 0 Å². The Morgan fingerprint density at radius 3 is 2.50 bits per heavy atom. The van der Waals surface area contributed by atoms with Crippen LogP contribution in [0.5, 0.6) is 0 Å². The Morgan fingerprint density at radius 1 is 1.33 bits per heavy atom. The molecule has 0 fully saturated rings. The van der Waals surface area contributed by atoms with E-state index < -0.39 is 0 Å². The second-order valence-electron chi connectivity index (χ2n) is 2.36. The maximum atomic E-state index is 8.54. The van der Waals surface area contributed by atoms with E-state index in [2.05, 4.69) is 4.98 Å². The van der Waals surface area contributed by atoms with Gasteiger partial charge < -0.3 is 0 Å². The van der Waals surface area contributed by atoms with Crippen molar-refractivity contribution in [2.24, 2.45) is 0 Å². The molecule has 12 heavy (non-hydrogen) atoms. The van der Waals surface area contributed by atoms with Gasteiger partial charge >= 0.3 is 0 Å². The summed E-state index contributed by atoms with van der Waals surface area (Å²) in [5.41, 5.74) is 2.17. The van der Waals surface area contributed by atoms with Gasteiger partial charge in [-0.25, -0.2) is 4.98 Å². The lowest BCUT2D eigenvalue weighted by Crippen LogP contribution is -1.97. The number of aromatic nitrogens is 1. The molecule has 0 amide bonds. The van der Waals surface area contributed by atoms with Crippen LogP contribution in [-0.4, -0.2) is 20.7 Å². The number of nitriles is 1. The molecular weight excluding hydrogens is 146 g/mol. The molecule has 0 aliphatic carbocycles. The van der Waals surface area contributed by atoms with E-state index in [0.29, 0.717) is 18.3 Å². The van der Waals surface area contributed by atoms with Gasteiger partial charge in [0.15, 0.2) is 0 Å². The van der Waals surface area contributed by atoms with E-state index in [1.54, 1.807) is 12.3 Å². The number of nitrogens with zero attached hydrogens (tertiary/aromatic N) is 2. The van der Waals surface area contributed by atoms with E-state index in [-0.39, 0.29) is 0 Å². The highest BCUT2D eigenvalue weighted by Crippen LogP contribution is 2.08. The van der Waals surface area contributed by atoms with Crippen molar-refractivity contribution in [3.05, 3.63) is 29.1 Å². The average molecular weight is 152 g/mol. The molecule has 54 valence electrons. The lowest BCUT2D eigenvalue weighted by molar-refractivity contribution is 1.15. The minimum atomic E-state index is 0.382. The fourth-order valence-electron chi connectivity index (χ4n) is 0.960. The summed E-state index contributed by atoms with van der Waals surface area (Å²) < 4.78 is 0. The van der Waals surface area contributed by atoms with Gasteiger partial charge in [0.25, 0.3) is 0 Å². The maximum absolute atomic E-state index is 8.54. The van der Waals surface area contributed by atoms with Gasteiger partial charge in [0.05, 0.1) is 15.7 Å². The SMILES string of the molecule is [B]Cc1cnc(C#N)cc1C[B]. The van der Waals surface area contributed by atoms with Crippen molar-refractivity contribution < 1.29 is 0 Å². The topological polar surface area (TPSA) is 36.7 Å². The normalized spacial score (nSPS) is 9.25. The van der Waals surface area contributed by atoms with Gasteiger partial charge in [-0.3, -0.25) is 0 Å². The molecule has 4 radical (unpaired) electrons. The van der Waals surface area contributed by atoms with Crippen LogP contribution in [-0.2, 0) is 12.6 Å². The molecule has 0 saturated carbocycles. The van der Waals surface area contributed by atoms with Crippen molar-refractivity contribution in [2.75, 3.05) is 0 Å². The molecule has 1 rings (SSSR count). The first-order chi connectivity index (χ1) is 5.81. The van der Waals surface area contributed by atoms with Crippen LogP contribution < -0.4 is 0 Å². The molecule has 0 aliphatic rings. The van der Waals surface area contributed by atoms with Crippen LogP contribution in [0.15, 0.2) is 12.3 Å². The number of hydrogen-bond donors (Lipinski definition) is 0. The fraction of sp³-hybridized carbons (Fsp3) is 0.250. The van der Waals surface area contributed by atoms with Crippen LogP contribution in [0.3, 0.4) is 0 Å². The van der Waals surface area contributed by atoms with Gasteiger partial charge in [-0.1, -0.05) is 12.6 Å². The quantitative estimate of drug-likeness (QED) is 0.570. The molecule has 1 aromatic heterocycles. The summed E-state index contributed by atoms with van der Waals surface area (Å²) in [5.74, 6) is 0. The van der Waals surface area contributed by atoms with Gasteiger partial charge in [-0.15, -0.1) is 0 Å². The first kappa shape index (κ1) is 8.86. The highest BCUT2D eigenvalue weighted by molar-refractivity contribution is 6.10. The molecule has 0 spiro atoms. The molecule has 4 heteroatoms. The molecule has 0 aromatic carbocycles. The molecule has 1 heterocycles. The Kier molecular flexibility index (Phi) is 2.93. The van der Waals surface area contributed by atoms with E-state index in [1.165, 1.54) is 0 Å². The van der Waals surface area contributed by atoms with E-state index in [0.717, 1.165) is 11.1 Å². The van der Waals surface area contributed by atoms with Crippen molar-refractivity contribution in [2.45, 2.75) is 12.6 Å². The van der Waals surface area contributed by atoms with Gasteiger partial charge in [-0.2, -0.15) is 5.26 Å². The largest absolute Gasteiger partial charge is 0.245 e. The van der Waals surface area contributed by atoms with E-state index in [4.69, 9.17) is 21.0 Å². The predicted molar refractivity (Wildman–Crippen MR) is 47.9 cm³/mol. The zero-order valence-corrected chi connectivity index (χ0v) is 6.62. The molecular formula is C8H6B2N2. The van der Waals surface area contributed by atoms with E-state index in [1.807, 2.05) is 6.07 Å². The van der Waals surface area contributed by atoms with Crippen LogP contribution >= 0.6 is 0 Å². The number of hydrogen-bond acceptors (Lipinski definition) is 2. The molecule has 2 nitrogen and oxygen atoms in total. The molecule has 0 N–H and O–H groups in total. The molecule has 0 saturated heterocycles. The zero-order chi connectivity index (χ0) is 8.97. The summed E-state index contributed by atoms with van der Waals surface area (Å²) >= 11 is 0. The number of pyridine rings is 1. The van der Waals surface area contributed by atoms with Crippen LogP contribution in [0.4, 0.5) is 0 Å². The molecule has 1 aromatic rings. The maximum Gasteiger partial charge on any atom is 0.140 e. The highest BCUT2D eigenvalue weighted by Gasteiger charge is 2.00. The van der Waals surface area contributed by atoms with Crippen molar-refractivity contribution in [3.63, 3.8) is 0 Å². The molecule has 0 unspecified atom stereocenters. The third kappa shape index (κ3) is 1.68. The van der Waals surface area contributed by atoms with Crippen LogP contribution in [0.2, 0.25) is 0 Å². The lowest BCUT2D eigenvalue weighted by atomic mass is 9.87. The van der Waals surface area contributed by atoms with Crippen molar-refractivity contribution in [1.82, 2.24) is 4.98 Å². The Balaban J connectivity index is 3.13. The lowest BCUT2D eigenvalue weighted by Gasteiger charge is -2.03. The highest BCUT2D eigenvalue weighted by atomic mass is 14.7. The first-order valence-corrected chi connectivity index (χ1v) is 3.60. The fourth-order valence-corrected chi connectivity index (χ4v) is 0.960. The predicted octanol–water partition coefficient (Wildman–Crippen LogP) is 0.290.